The van der Waals surface area contributed by atoms with E-state index in [-0.39, 0.29) is 6.61 Å². The quantitative estimate of drug-likeness (QED) is 0.363. The normalized spacial score (nSPS) is 8.83. The van der Waals surface area contributed by atoms with Gasteiger partial charge in [0.25, 0.3) is 0 Å². The Morgan fingerprint density at radius 1 is 1.17 bits per heavy atom. The molecule has 66 valence electrons. The fraction of sp³-hybridized carbons (Fsp3) is 0.300. The maximum absolute atomic E-state index is 10.9. The Bertz CT molecular complexity index is 210. The molecule has 0 radical (unpaired) electrons. The Labute approximate surface area is 73.2 Å². The van der Waals surface area contributed by atoms with Gasteiger partial charge in [-0.2, -0.15) is 0 Å². The van der Waals surface area contributed by atoms with Gasteiger partial charge in [-0.3, -0.25) is 0 Å². The average Bonchev–Trinajstić information content (AvgIpc) is 1.98. The van der Waals surface area contributed by atoms with E-state index in [0.717, 1.165) is 11.1 Å². The van der Waals surface area contributed by atoms with Gasteiger partial charge in [-0.25, -0.2) is 4.79 Å². The highest BCUT2D eigenvalue weighted by molar-refractivity contribution is 5.87. The molecular weight excluding hydrogens is 152 g/mol. The maximum atomic E-state index is 10.9. The van der Waals surface area contributed by atoms with Crippen molar-refractivity contribution in [1.82, 2.24) is 0 Å². The van der Waals surface area contributed by atoms with Crippen LogP contribution in [0, 0.1) is 0 Å². The molecule has 0 saturated carbocycles. The summed E-state index contributed by atoms with van der Waals surface area (Å²) in [5.74, 6) is -0.391. The Balaban J connectivity index is 3.85. The Hall–Kier alpha value is -1.31. The van der Waals surface area contributed by atoms with E-state index in [1.54, 1.807) is 6.92 Å². The highest BCUT2D eigenvalue weighted by Gasteiger charge is 2.03. The lowest BCUT2D eigenvalue weighted by molar-refractivity contribution is -0.137. The van der Waals surface area contributed by atoms with Crippen molar-refractivity contribution in [1.29, 1.82) is 0 Å². The lowest BCUT2D eigenvalue weighted by atomic mass is 10.2. The Morgan fingerprint density at radius 3 is 2.00 bits per heavy atom. The van der Waals surface area contributed by atoms with Gasteiger partial charge in [-0.1, -0.05) is 25.3 Å². The molecule has 0 aromatic heterocycles. The van der Waals surface area contributed by atoms with E-state index in [4.69, 9.17) is 4.74 Å². The number of carbonyl (C=O) groups excluding carboxylic acids is 1. The largest absolute Gasteiger partial charge is 0.457 e. The topological polar surface area (TPSA) is 26.3 Å². The van der Waals surface area contributed by atoms with E-state index in [0.29, 0.717) is 5.57 Å². The summed E-state index contributed by atoms with van der Waals surface area (Å²) in [7, 11) is 0. The molecular formula is C10H14O2. The van der Waals surface area contributed by atoms with Crippen LogP contribution in [-0.4, -0.2) is 12.6 Å². The molecule has 12 heavy (non-hydrogen) atoms. The summed E-state index contributed by atoms with van der Waals surface area (Å²) in [6, 6.07) is 0. The van der Waals surface area contributed by atoms with Crippen molar-refractivity contribution in [3.63, 3.8) is 0 Å². The highest BCUT2D eigenvalue weighted by Crippen LogP contribution is 2.04. The zero-order chi connectivity index (χ0) is 9.72. The highest BCUT2D eigenvalue weighted by atomic mass is 16.5. The number of esters is 1. The number of carbonyl (C=O) groups is 1. The molecule has 0 heterocycles. The molecule has 0 aliphatic heterocycles. The second kappa shape index (κ2) is 4.54. The number of hydrogen-bond donors (Lipinski definition) is 0. The van der Waals surface area contributed by atoms with Crippen LogP contribution in [0.4, 0.5) is 0 Å². The first-order chi connectivity index (χ1) is 5.45. The lowest BCUT2D eigenvalue weighted by Gasteiger charge is -2.05. The lowest BCUT2D eigenvalue weighted by Crippen LogP contribution is -2.07. The molecule has 0 aliphatic carbocycles. The smallest absolute Gasteiger partial charge is 0.333 e. The third-order valence-electron chi connectivity index (χ3n) is 1.33. The number of hydrogen-bond acceptors (Lipinski definition) is 2. The van der Waals surface area contributed by atoms with E-state index < -0.39 is 5.97 Å². The van der Waals surface area contributed by atoms with Gasteiger partial charge in [0, 0.05) is 5.57 Å². The molecule has 0 amide bonds. The van der Waals surface area contributed by atoms with Crippen molar-refractivity contribution in [3.8, 4) is 0 Å². The average molecular weight is 166 g/mol. The first-order valence-electron chi connectivity index (χ1n) is 3.61. The zero-order valence-electron chi connectivity index (χ0n) is 7.64. The van der Waals surface area contributed by atoms with Crippen molar-refractivity contribution in [3.05, 3.63) is 36.5 Å². The third kappa shape index (κ3) is 3.76. The van der Waals surface area contributed by atoms with Crippen LogP contribution in [0.1, 0.15) is 13.8 Å². The standard InChI is InChI=1S/C10H14O2/c1-7(2)9(5)6-12-10(11)8(3)4/h1,3,5-6H2,2,4H3. The van der Waals surface area contributed by atoms with Crippen LogP contribution in [0.15, 0.2) is 36.5 Å². The molecule has 0 aromatic carbocycles. The Kier molecular flexibility index (Phi) is 4.05. The van der Waals surface area contributed by atoms with E-state index in [1.807, 2.05) is 6.92 Å². The van der Waals surface area contributed by atoms with Crippen LogP contribution in [-0.2, 0) is 9.53 Å². The van der Waals surface area contributed by atoms with Gasteiger partial charge in [-0.05, 0) is 19.4 Å². The second-order valence-electron chi connectivity index (χ2n) is 2.74. The summed E-state index contributed by atoms with van der Waals surface area (Å²) >= 11 is 0. The van der Waals surface area contributed by atoms with Gasteiger partial charge < -0.3 is 4.74 Å². The molecule has 0 N–H and O–H groups in total. The van der Waals surface area contributed by atoms with Crippen molar-refractivity contribution in [2.24, 2.45) is 0 Å². The summed E-state index contributed by atoms with van der Waals surface area (Å²) in [6.45, 7) is 14.4. The summed E-state index contributed by atoms with van der Waals surface area (Å²) in [6.07, 6.45) is 0. The summed E-state index contributed by atoms with van der Waals surface area (Å²) in [5, 5.41) is 0. The van der Waals surface area contributed by atoms with Crippen molar-refractivity contribution < 1.29 is 9.53 Å². The molecule has 0 aromatic rings. The first kappa shape index (κ1) is 10.7. The molecule has 0 atom stereocenters. The zero-order valence-corrected chi connectivity index (χ0v) is 7.64. The van der Waals surface area contributed by atoms with Gasteiger partial charge in [0.2, 0.25) is 0 Å². The van der Waals surface area contributed by atoms with Gasteiger partial charge in [-0.15, -0.1) is 0 Å². The third-order valence-corrected chi connectivity index (χ3v) is 1.33. The van der Waals surface area contributed by atoms with E-state index in [9.17, 15) is 4.79 Å². The van der Waals surface area contributed by atoms with Gasteiger partial charge in [0.1, 0.15) is 6.61 Å². The monoisotopic (exact) mass is 166 g/mol. The maximum Gasteiger partial charge on any atom is 0.333 e. The SMILES string of the molecule is C=C(C)C(=C)COC(=O)C(=C)C. The number of rotatable bonds is 4. The van der Waals surface area contributed by atoms with E-state index >= 15 is 0 Å². The minimum atomic E-state index is -0.391. The van der Waals surface area contributed by atoms with Crippen LogP contribution >= 0.6 is 0 Å². The first-order valence-corrected chi connectivity index (χ1v) is 3.61. The summed E-state index contributed by atoms with van der Waals surface area (Å²) in [4.78, 5) is 10.9. The predicted molar refractivity (Wildman–Crippen MR) is 49.7 cm³/mol. The van der Waals surface area contributed by atoms with Crippen LogP contribution in [0.25, 0.3) is 0 Å². The minimum Gasteiger partial charge on any atom is -0.457 e. The van der Waals surface area contributed by atoms with E-state index in [1.165, 1.54) is 0 Å². The predicted octanol–water partition coefficient (Wildman–Crippen LogP) is 2.24. The molecule has 0 spiro atoms. The fourth-order valence-corrected chi connectivity index (χ4v) is 0.399. The molecule has 2 heteroatoms. The molecule has 0 rings (SSSR count). The molecule has 0 aliphatic rings. The fourth-order valence-electron chi connectivity index (χ4n) is 0.399. The molecule has 0 saturated heterocycles. The van der Waals surface area contributed by atoms with Crippen molar-refractivity contribution >= 4 is 5.97 Å². The number of ether oxygens (including phenoxy) is 1. The van der Waals surface area contributed by atoms with E-state index in [2.05, 4.69) is 19.7 Å². The Morgan fingerprint density at radius 2 is 1.67 bits per heavy atom. The summed E-state index contributed by atoms with van der Waals surface area (Å²) < 4.78 is 4.83. The van der Waals surface area contributed by atoms with Gasteiger partial charge >= 0.3 is 5.97 Å². The van der Waals surface area contributed by atoms with Crippen LogP contribution in [0.2, 0.25) is 0 Å². The second-order valence-corrected chi connectivity index (χ2v) is 2.74. The molecule has 0 unspecified atom stereocenters. The molecule has 0 fully saturated rings. The van der Waals surface area contributed by atoms with Gasteiger partial charge in [0.15, 0.2) is 0 Å². The van der Waals surface area contributed by atoms with Gasteiger partial charge in [0.05, 0.1) is 0 Å². The van der Waals surface area contributed by atoms with Crippen molar-refractivity contribution in [2.75, 3.05) is 6.61 Å². The van der Waals surface area contributed by atoms with Crippen LogP contribution < -0.4 is 0 Å². The molecule has 2 nitrogen and oxygen atoms in total. The molecule has 0 bridgehead atoms. The minimum absolute atomic E-state index is 0.195. The van der Waals surface area contributed by atoms with Crippen LogP contribution in [0.3, 0.4) is 0 Å². The summed E-state index contributed by atoms with van der Waals surface area (Å²) in [5.41, 5.74) is 1.94. The van der Waals surface area contributed by atoms with Crippen molar-refractivity contribution in [2.45, 2.75) is 13.8 Å². The van der Waals surface area contributed by atoms with Crippen LogP contribution in [0.5, 0.6) is 0 Å².